The Hall–Kier alpha value is -1.27. The molecule has 0 radical (unpaired) electrons. The maximum absolute atomic E-state index is 10.4. The number of halogens is 1. The van der Waals surface area contributed by atoms with E-state index in [1.165, 1.54) is 0 Å². The highest BCUT2D eigenvalue weighted by Crippen LogP contribution is 2.37. The quantitative estimate of drug-likeness (QED) is 0.817. The van der Waals surface area contributed by atoms with Crippen molar-refractivity contribution in [1.29, 1.82) is 0 Å². The SMILES string of the molecule is CC(C)(C)c1c(Br)cccc1OC[C@@H](O)CCOC(N)=O. The number of aliphatic hydroxyl groups excluding tert-OH is 1. The van der Waals surface area contributed by atoms with E-state index >= 15 is 0 Å². The smallest absolute Gasteiger partial charge is 0.404 e. The summed E-state index contributed by atoms with van der Waals surface area (Å²) in [5.41, 5.74) is 5.81. The van der Waals surface area contributed by atoms with Gasteiger partial charge in [0.1, 0.15) is 12.4 Å². The molecule has 0 bridgehead atoms. The minimum Gasteiger partial charge on any atom is -0.491 e. The van der Waals surface area contributed by atoms with Gasteiger partial charge in [0.2, 0.25) is 0 Å². The molecule has 0 aromatic heterocycles. The van der Waals surface area contributed by atoms with E-state index in [0.717, 1.165) is 15.8 Å². The number of primary amides is 1. The van der Waals surface area contributed by atoms with Crippen LogP contribution in [0.2, 0.25) is 0 Å². The second-order valence-corrected chi connectivity index (χ2v) is 6.64. The van der Waals surface area contributed by atoms with E-state index in [1.54, 1.807) is 0 Å². The number of hydrogen-bond donors (Lipinski definition) is 2. The van der Waals surface area contributed by atoms with Crippen LogP contribution in [0.1, 0.15) is 32.8 Å². The summed E-state index contributed by atoms with van der Waals surface area (Å²) in [5, 5.41) is 9.82. The number of nitrogens with two attached hydrogens (primary N) is 1. The fourth-order valence-electron chi connectivity index (χ4n) is 1.92. The van der Waals surface area contributed by atoms with Gasteiger partial charge in [-0.15, -0.1) is 0 Å². The van der Waals surface area contributed by atoms with Crippen LogP contribution in [0.5, 0.6) is 5.75 Å². The number of carbonyl (C=O) groups is 1. The lowest BCUT2D eigenvalue weighted by Gasteiger charge is -2.25. The van der Waals surface area contributed by atoms with Crippen molar-refractivity contribution in [2.45, 2.75) is 38.7 Å². The van der Waals surface area contributed by atoms with Gasteiger partial charge in [-0.2, -0.15) is 0 Å². The summed E-state index contributed by atoms with van der Waals surface area (Å²) in [5.74, 6) is 0.728. The Bertz CT molecular complexity index is 485. The van der Waals surface area contributed by atoms with E-state index in [4.69, 9.17) is 10.5 Å². The fraction of sp³-hybridized carbons (Fsp3) is 0.533. The average Bonchev–Trinajstić information content (AvgIpc) is 2.34. The van der Waals surface area contributed by atoms with E-state index in [1.807, 2.05) is 18.2 Å². The van der Waals surface area contributed by atoms with E-state index < -0.39 is 12.2 Å². The lowest BCUT2D eigenvalue weighted by atomic mass is 9.86. The van der Waals surface area contributed by atoms with Gasteiger partial charge in [0.15, 0.2) is 0 Å². The molecular formula is C15H22BrNO4. The molecule has 1 aromatic carbocycles. The van der Waals surface area contributed by atoms with Crippen molar-refractivity contribution in [2.24, 2.45) is 5.73 Å². The maximum atomic E-state index is 10.4. The molecule has 5 nitrogen and oxygen atoms in total. The summed E-state index contributed by atoms with van der Waals surface area (Å²) in [6.45, 7) is 6.48. The molecule has 1 aromatic rings. The summed E-state index contributed by atoms with van der Waals surface area (Å²) in [6.07, 6.45) is -1.29. The largest absolute Gasteiger partial charge is 0.491 e. The van der Waals surface area contributed by atoms with Crippen molar-refractivity contribution in [3.05, 3.63) is 28.2 Å². The van der Waals surface area contributed by atoms with Crippen molar-refractivity contribution in [3.8, 4) is 5.75 Å². The molecule has 1 atom stereocenters. The summed E-state index contributed by atoms with van der Waals surface area (Å²) in [6, 6.07) is 5.72. The Morgan fingerprint density at radius 2 is 2.10 bits per heavy atom. The zero-order chi connectivity index (χ0) is 16.0. The maximum Gasteiger partial charge on any atom is 0.404 e. The Morgan fingerprint density at radius 1 is 1.43 bits per heavy atom. The normalized spacial score (nSPS) is 12.8. The summed E-state index contributed by atoms with van der Waals surface area (Å²) in [7, 11) is 0. The van der Waals surface area contributed by atoms with E-state index in [0.29, 0.717) is 0 Å². The third-order valence-electron chi connectivity index (χ3n) is 2.85. The molecule has 0 aliphatic heterocycles. The monoisotopic (exact) mass is 359 g/mol. The summed E-state index contributed by atoms with van der Waals surface area (Å²) >= 11 is 3.53. The Kier molecular flexibility index (Phi) is 6.48. The van der Waals surface area contributed by atoms with Crippen LogP contribution in [-0.2, 0) is 10.2 Å². The van der Waals surface area contributed by atoms with Crippen LogP contribution in [0.4, 0.5) is 4.79 Å². The Morgan fingerprint density at radius 3 is 2.67 bits per heavy atom. The molecule has 0 heterocycles. The molecule has 0 spiro atoms. The Labute approximate surface area is 133 Å². The van der Waals surface area contributed by atoms with Crippen LogP contribution in [0.15, 0.2) is 22.7 Å². The fourth-order valence-corrected chi connectivity index (χ4v) is 2.86. The van der Waals surface area contributed by atoms with Gasteiger partial charge >= 0.3 is 6.09 Å². The number of carbonyl (C=O) groups excluding carboxylic acids is 1. The van der Waals surface area contributed by atoms with Gasteiger partial charge < -0.3 is 20.3 Å². The van der Waals surface area contributed by atoms with Crippen LogP contribution < -0.4 is 10.5 Å². The number of ether oxygens (including phenoxy) is 2. The third kappa shape index (κ3) is 5.93. The highest BCUT2D eigenvalue weighted by Gasteiger charge is 2.22. The number of aliphatic hydroxyl groups is 1. The first-order valence-electron chi connectivity index (χ1n) is 6.74. The number of hydrogen-bond acceptors (Lipinski definition) is 4. The minimum atomic E-state index is -0.842. The molecule has 0 aliphatic carbocycles. The van der Waals surface area contributed by atoms with Crippen LogP contribution in [-0.4, -0.2) is 30.5 Å². The molecule has 0 fully saturated rings. The van der Waals surface area contributed by atoms with Gasteiger partial charge in [0.05, 0.1) is 12.7 Å². The standard InChI is InChI=1S/C15H22BrNO4/c1-15(2,3)13-11(16)5-4-6-12(13)21-9-10(18)7-8-20-14(17)19/h4-6,10,18H,7-9H2,1-3H3,(H2,17,19)/t10-/m0/s1. The second-order valence-electron chi connectivity index (χ2n) is 5.78. The van der Waals surface area contributed by atoms with Crippen LogP contribution in [0.3, 0.4) is 0 Å². The molecule has 0 aliphatic rings. The van der Waals surface area contributed by atoms with E-state index in [2.05, 4.69) is 41.4 Å². The van der Waals surface area contributed by atoms with Gasteiger partial charge in [-0.25, -0.2) is 4.79 Å². The molecule has 0 saturated carbocycles. The summed E-state index contributed by atoms with van der Waals surface area (Å²) in [4.78, 5) is 10.4. The zero-order valence-electron chi connectivity index (χ0n) is 12.6. The molecule has 0 unspecified atom stereocenters. The van der Waals surface area contributed by atoms with Crippen LogP contribution in [0, 0.1) is 0 Å². The van der Waals surface area contributed by atoms with Gasteiger partial charge in [-0.3, -0.25) is 0 Å². The first-order valence-corrected chi connectivity index (χ1v) is 7.53. The van der Waals surface area contributed by atoms with Crippen molar-refractivity contribution >= 4 is 22.0 Å². The molecular weight excluding hydrogens is 338 g/mol. The van der Waals surface area contributed by atoms with Crippen molar-refractivity contribution in [2.75, 3.05) is 13.2 Å². The highest BCUT2D eigenvalue weighted by molar-refractivity contribution is 9.10. The zero-order valence-corrected chi connectivity index (χ0v) is 14.1. The van der Waals surface area contributed by atoms with Crippen molar-refractivity contribution in [1.82, 2.24) is 0 Å². The van der Waals surface area contributed by atoms with Crippen molar-refractivity contribution in [3.63, 3.8) is 0 Å². The van der Waals surface area contributed by atoms with E-state index in [9.17, 15) is 9.90 Å². The first kappa shape index (κ1) is 17.8. The molecule has 0 saturated heterocycles. The topological polar surface area (TPSA) is 81.8 Å². The highest BCUT2D eigenvalue weighted by atomic mass is 79.9. The van der Waals surface area contributed by atoms with Gasteiger partial charge in [-0.1, -0.05) is 42.8 Å². The first-order chi connectivity index (χ1) is 9.71. The van der Waals surface area contributed by atoms with Gasteiger partial charge in [0, 0.05) is 16.5 Å². The molecule has 1 amide bonds. The molecule has 6 heteroatoms. The average molecular weight is 360 g/mol. The van der Waals surface area contributed by atoms with E-state index in [-0.39, 0.29) is 25.0 Å². The lowest BCUT2D eigenvalue weighted by Crippen LogP contribution is -2.23. The number of rotatable bonds is 6. The van der Waals surface area contributed by atoms with Gasteiger partial charge in [-0.05, 0) is 17.5 Å². The molecule has 118 valence electrons. The predicted molar refractivity (Wildman–Crippen MR) is 84.5 cm³/mol. The predicted octanol–water partition coefficient (Wildman–Crippen LogP) is 2.97. The number of benzene rings is 1. The lowest BCUT2D eigenvalue weighted by molar-refractivity contribution is 0.0737. The van der Waals surface area contributed by atoms with Gasteiger partial charge in [0.25, 0.3) is 0 Å². The third-order valence-corrected chi connectivity index (χ3v) is 3.51. The van der Waals surface area contributed by atoms with Crippen LogP contribution >= 0.6 is 15.9 Å². The molecule has 21 heavy (non-hydrogen) atoms. The molecule has 3 N–H and O–H groups in total. The molecule has 1 rings (SSSR count). The summed E-state index contributed by atoms with van der Waals surface area (Å²) < 4.78 is 11.3. The Balaban J connectivity index is 2.63. The van der Waals surface area contributed by atoms with Crippen molar-refractivity contribution < 1.29 is 19.4 Å². The second kappa shape index (κ2) is 7.66. The minimum absolute atomic E-state index is 0.0739. The van der Waals surface area contributed by atoms with Crippen LogP contribution in [0.25, 0.3) is 0 Å². The number of amides is 1.